The first-order valence-electron chi connectivity index (χ1n) is 11.3. The molecule has 5 rings (SSSR count). The van der Waals surface area contributed by atoms with Crippen LogP contribution in [0.15, 0.2) is 65.3 Å². The Morgan fingerprint density at radius 2 is 1.56 bits per heavy atom. The summed E-state index contributed by atoms with van der Waals surface area (Å²) in [5, 5.41) is 3.77. The third-order valence-electron chi connectivity index (χ3n) is 6.16. The highest BCUT2D eigenvalue weighted by molar-refractivity contribution is 5.43. The predicted octanol–water partition coefficient (Wildman–Crippen LogP) is 4.82. The minimum atomic E-state index is -0.187. The number of aryl methyl sites for hydroxylation is 1. The Hall–Kier alpha value is -3.78. The number of rotatable bonds is 7. The Labute approximate surface area is 198 Å². The molecule has 0 bridgehead atoms. The Bertz CT molecular complexity index is 1260. The lowest BCUT2D eigenvalue weighted by Gasteiger charge is -2.33. The average molecular weight is 458 g/mol. The SMILES string of the molecule is Cc1noc(-c2nccc(Oc3ccc(C(C)(C)c4ccc(O[C@H]5C[C@H](N)C5)cc4)cc3)n2)n1. The summed E-state index contributed by atoms with van der Waals surface area (Å²) >= 11 is 0. The maximum Gasteiger partial charge on any atom is 0.295 e. The fourth-order valence-electron chi connectivity index (χ4n) is 3.96. The van der Waals surface area contributed by atoms with E-state index in [0.29, 0.717) is 23.3 Å². The van der Waals surface area contributed by atoms with Crippen LogP contribution in [0.4, 0.5) is 0 Å². The number of aromatic nitrogens is 4. The van der Waals surface area contributed by atoms with Gasteiger partial charge in [-0.2, -0.15) is 9.97 Å². The largest absolute Gasteiger partial charge is 0.490 e. The molecular weight excluding hydrogens is 430 g/mol. The van der Waals surface area contributed by atoms with Gasteiger partial charge in [-0.05, 0) is 55.2 Å². The van der Waals surface area contributed by atoms with Gasteiger partial charge in [0.1, 0.15) is 17.6 Å². The highest BCUT2D eigenvalue weighted by atomic mass is 16.5. The summed E-state index contributed by atoms with van der Waals surface area (Å²) in [6.45, 7) is 6.14. The number of nitrogens with zero attached hydrogens (tertiary/aromatic N) is 4. The van der Waals surface area contributed by atoms with E-state index in [1.54, 1.807) is 19.2 Å². The zero-order chi connectivity index (χ0) is 23.7. The van der Waals surface area contributed by atoms with Gasteiger partial charge in [0.05, 0.1) is 0 Å². The monoisotopic (exact) mass is 457 g/mol. The summed E-state index contributed by atoms with van der Waals surface area (Å²) in [6.07, 6.45) is 3.69. The summed E-state index contributed by atoms with van der Waals surface area (Å²) in [5.41, 5.74) is 8.04. The predicted molar refractivity (Wildman–Crippen MR) is 127 cm³/mol. The lowest BCUT2D eigenvalue weighted by atomic mass is 9.78. The first-order valence-corrected chi connectivity index (χ1v) is 11.3. The Morgan fingerprint density at radius 3 is 2.15 bits per heavy atom. The van der Waals surface area contributed by atoms with Crippen LogP contribution in [0, 0.1) is 6.92 Å². The van der Waals surface area contributed by atoms with Gasteiger partial charge < -0.3 is 19.7 Å². The molecule has 0 unspecified atom stereocenters. The van der Waals surface area contributed by atoms with E-state index < -0.39 is 0 Å². The van der Waals surface area contributed by atoms with Crippen LogP contribution in [0.2, 0.25) is 0 Å². The molecule has 8 heteroatoms. The lowest BCUT2D eigenvalue weighted by molar-refractivity contribution is 0.101. The van der Waals surface area contributed by atoms with Crippen LogP contribution >= 0.6 is 0 Å². The zero-order valence-corrected chi connectivity index (χ0v) is 19.4. The third kappa shape index (κ3) is 4.63. The van der Waals surface area contributed by atoms with Crippen molar-refractivity contribution in [3.63, 3.8) is 0 Å². The highest BCUT2D eigenvalue weighted by Crippen LogP contribution is 2.34. The number of hydrogen-bond donors (Lipinski definition) is 1. The van der Waals surface area contributed by atoms with Crippen LogP contribution < -0.4 is 15.2 Å². The molecule has 2 N–H and O–H groups in total. The van der Waals surface area contributed by atoms with Gasteiger partial charge in [0.25, 0.3) is 5.89 Å². The van der Waals surface area contributed by atoms with Crippen LogP contribution in [-0.4, -0.2) is 32.3 Å². The molecule has 0 saturated heterocycles. The van der Waals surface area contributed by atoms with Gasteiger partial charge in [0, 0.05) is 23.7 Å². The zero-order valence-electron chi connectivity index (χ0n) is 19.4. The van der Waals surface area contributed by atoms with Gasteiger partial charge >= 0.3 is 0 Å². The van der Waals surface area contributed by atoms with E-state index >= 15 is 0 Å². The van der Waals surface area contributed by atoms with Crippen molar-refractivity contribution in [1.29, 1.82) is 0 Å². The Morgan fingerprint density at radius 1 is 0.912 bits per heavy atom. The van der Waals surface area contributed by atoms with Crippen molar-refractivity contribution in [3.05, 3.63) is 77.7 Å². The molecule has 0 aliphatic heterocycles. The van der Waals surface area contributed by atoms with Gasteiger partial charge in [0.15, 0.2) is 5.82 Å². The van der Waals surface area contributed by atoms with Crippen LogP contribution in [-0.2, 0) is 5.41 Å². The van der Waals surface area contributed by atoms with Gasteiger partial charge in [-0.1, -0.05) is 43.3 Å². The number of nitrogens with two attached hydrogens (primary N) is 1. The maximum atomic E-state index is 5.98. The minimum Gasteiger partial charge on any atom is -0.490 e. The second kappa shape index (κ2) is 8.87. The van der Waals surface area contributed by atoms with E-state index in [1.807, 2.05) is 24.3 Å². The molecule has 2 heterocycles. The number of benzene rings is 2. The number of ether oxygens (including phenoxy) is 2. The average Bonchev–Trinajstić information content (AvgIpc) is 3.25. The van der Waals surface area contributed by atoms with Gasteiger partial charge in [-0.25, -0.2) is 4.98 Å². The highest BCUT2D eigenvalue weighted by Gasteiger charge is 2.28. The molecule has 0 radical (unpaired) electrons. The summed E-state index contributed by atoms with van der Waals surface area (Å²) < 4.78 is 17.0. The molecule has 0 atom stereocenters. The summed E-state index contributed by atoms with van der Waals surface area (Å²) in [6, 6.07) is 18.3. The van der Waals surface area contributed by atoms with Gasteiger partial charge in [-0.15, -0.1) is 0 Å². The molecule has 0 amide bonds. The first-order chi connectivity index (χ1) is 16.4. The van der Waals surface area contributed by atoms with Crippen molar-refractivity contribution in [1.82, 2.24) is 20.1 Å². The van der Waals surface area contributed by atoms with Gasteiger partial charge in [-0.3, -0.25) is 0 Å². The second-order valence-corrected chi connectivity index (χ2v) is 9.11. The lowest BCUT2D eigenvalue weighted by Crippen LogP contribution is -2.43. The van der Waals surface area contributed by atoms with E-state index in [-0.39, 0.29) is 23.5 Å². The standard InChI is InChI=1S/C26H27N5O3/c1-16-29-25(34-31-16)24-28-13-12-23(30-24)33-21-10-6-18(7-11-21)26(2,3)17-4-8-20(9-5-17)32-22-14-19(27)15-22/h4-13,19,22H,14-15,27H2,1-3H3/t19-,22-. The summed E-state index contributed by atoms with van der Waals surface area (Å²) in [5.74, 6) is 3.06. The van der Waals surface area contributed by atoms with E-state index in [9.17, 15) is 0 Å². The molecule has 1 saturated carbocycles. The topological polar surface area (TPSA) is 109 Å². The fourth-order valence-corrected chi connectivity index (χ4v) is 3.96. The van der Waals surface area contributed by atoms with E-state index in [0.717, 1.165) is 18.6 Å². The van der Waals surface area contributed by atoms with Crippen molar-refractivity contribution >= 4 is 0 Å². The van der Waals surface area contributed by atoms with Crippen LogP contribution in [0.25, 0.3) is 11.7 Å². The quantitative estimate of drug-likeness (QED) is 0.421. The van der Waals surface area contributed by atoms with E-state index in [2.05, 4.69) is 58.2 Å². The van der Waals surface area contributed by atoms with Crippen LogP contribution in [0.1, 0.15) is 43.6 Å². The van der Waals surface area contributed by atoms with Crippen molar-refractivity contribution in [2.45, 2.75) is 51.2 Å². The molecule has 1 aliphatic carbocycles. The van der Waals surface area contributed by atoms with Crippen molar-refractivity contribution in [2.24, 2.45) is 5.73 Å². The van der Waals surface area contributed by atoms with Crippen molar-refractivity contribution in [3.8, 4) is 29.1 Å². The fraction of sp³-hybridized carbons (Fsp3) is 0.308. The molecule has 34 heavy (non-hydrogen) atoms. The van der Waals surface area contributed by atoms with Gasteiger partial charge in [0.2, 0.25) is 11.7 Å². The smallest absolute Gasteiger partial charge is 0.295 e. The molecule has 174 valence electrons. The Balaban J connectivity index is 1.27. The van der Waals surface area contributed by atoms with E-state index in [1.165, 1.54) is 11.1 Å². The molecule has 2 aromatic carbocycles. The molecule has 8 nitrogen and oxygen atoms in total. The van der Waals surface area contributed by atoms with Crippen LogP contribution in [0.3, 0.4) is 0 Å². The number of hydrogen-bond acceptors (Lipinski definition) is 8. The minimum absolute atomic E-state index is 0.187. The molecule has 4 aromatic rings. The normalized spacial score (nSPS) is 17.8. The van der Waals surface area contributed by atoms with E-state index in [4.69, 9.17) is 19.7 Å². The van der Waals surface area contributed by atoms with Crippen molar-refractivity contribution in [2.75, 3.05) is 0 Å². The van der Waals surface area contributed by atoms with Crippen LogP contribution in [0.5, 0.6) is 17.4 Å². The van der Waals surface area contributed by atoms with Crippen molar-refractivity contribution < 1.29 is 14.0 Å². The molecule has 1 fully saturated rings. The third-order valence-corrected chi connectivity index (χ3v) is 6.16. The Kier molecular flexibility index (Phi) is 5.75. The first kappa shape index (κ1) is 22.0. The summed E-state index contributed by atoms with van der Waals surface area (Å²) in [7, 11) is 0. The molecule has 2 aromatic heterocycles. The molecule has 0 spiro atoms. The maximum absolute atomic E-state index is 5.98. The second-order valence-electron chi connectivity index (χ2n) is 9.11. The summed E-state index contributed by atoms with van der Waals surface area (Å²) in [4.78, 5) is 12.7. The molecular formula is C26H27N5O3. The molecule has 1 aliphatic rings.